The molecule has 0 saturated carbocycles. The van der Waals surface area contributed by atoms with Crippen LogP contribution in [-0.4, -0.2) is 51.7 Å². The molecule has 1 fully saturated rings. The van der Waals surface area contributed by atoms with Crippen LogP contribution in [0.4, 0.5) is 16.2 Å². The summed E-state index contributed by atoms with van der Waals surface area (Å²) in [6.45, 7) is 4.81. The van der Waals surface area contributed by atoms with Crippen molar-refractivity contribution < 1.29 is 43.2 Å². The smallest absolute Gasteiger partial charge is 0.470 e. The van der Waals surface area contributed by atoms with E-state index in [0.717, 1.165) is 4.90 Å². The lowest BCUT2D eigenvalue weighted by Crippen LogP contribution is -2.63. The number of fused-ring (bicyclic) bond motifs is 1. The van der Waals surface area contributed by atoms with Crippen LogP contribution in [0.1, 0.15) is 44.7 Å². The van der Waals surface area contributed by atoms with Crippen molar-refractivity contribution in [3.63, 3.8) is 0 Å². The number of azide groups is 1. The third-order valence-corrected chi connectivity index (χ3v) is 7.52. The van der Waals surface area contributed by atoms with Crippen LogP contribution < -0.4 is 0 Å². The molecular formula is C29H30N6O11. The lowest BCUT2D eigenvalue weighted by Gasteiger charge is -2.43. The van der Waals surface area contributed by atoms with E-state index in [4.69, 9.17) is 24.5 Å². The molecule has 17 heteroatoms. The quantitative estimate of drug-likeness (QED) is 0.0370. The minimum absolute atomic E-state index is 0.116. The van der Waals surface area contributed by atoms with Gasteiger partial charge in [0.15, 0.2) is 11.9 Å². The van der Waals surface area contributed by atoms with Gasteiger partial charge in [0.25, 0.3) is 11.4 Å². The molecule has 0 aliphatic carbocycles. The first-order valence-electron chi connectivity index (χ1n) is 14.1. The van der Waals surface area contributed by atoms with Crippen molar-refractivity contribution in [1.82, 2.24) is 4.90 Å². The molecule has 2 aromatic carbocycles. The molecule has 0 aromatic heterocycles. The Bertz CT molecular complexity index is 1600. The van der Waals surface area contributed by atoms with Gasteiger partial charge in [-0.25, -0.2) is 9.59 Å². The minimum atomic E-state index is -1.08. The number of nitro groups is 2. The van der Waals surface area contributed by atoms with Crippen LogP contribution in [-0.2, 0) is 41.8 Å². The summed E-state index contributed by atoms with van der Waals surface area (Å²) in [5.74, 6) is -2.22. The summed E-state index contributed by atoms with van der Waals surface area (Å²) in [6, 6.07) is 10.8. The van der Waals surface area contributed by atoms with Crippen molar-refractivity contribution in [2.24, 2.45) is 16.4 Å². The highest BCUT2D eigenvalue weighted by Crippen LogP contribution is 2.49. The monoisotopic (exact) mass is 638 g/mol. The van der Waals surface area contributed by atoms with E-state index in [1.807, 2.05) is 0 Å². The average Bonchev–Trinajstić information content (AvgIpc) is 3.37. The predicted molar refractivity (Wildman–Crippen MR) is 156 cm³/mol. The van der Waals surface area contributed by atoms with Crippen LogP contribution in [0.2, 0.25) is 0 Å². The van der Waals surface area contributed by atoms with E-state index >= 15 is 0 Å². The average molecular weight is 639 g/mol. The van der Waals surface area contributed by atoms with E-state index < -0.39 is 51.5 Å². The molecule has 17 nitrogen and oxygen atoms in total. The highest BCUT2D eigenvalue weighted by molar-refractivity contribution is 5.99. The van der Waals surface area contributed by atoms with Crippen molar-refractivity contribution in [2.75, 3.05) is 6.54 Å². The number of carbonyl (C=O) groups excluding carboxylic acids is 3. The van der Waals surface area contributed by atoms with E-state index in [0.29, 0.717) is 24.0 Å². The number of nitro benzene ring substituents is 2. The molecule has 1 saturated heterocycles. The molecule has 0 bridgehead atoms. The Labute approximate surface area is 261 Å². The Balaban J connectivity index is 1.45. The van der Waals surface area contributed by atoms with E-state index in [9.17, 15) is 34.6 Å². The van der Waals surface area contributed by atoms with Gasteiger partial charge in [-0.15, -0.1) is 0 Å². The minimum Gasteiger partial charge on any atom is -0.470 e. The topological polar surface area (TPSA) is 226 Å². The summed E-state index contributed by atoms with van der Waals surface area (Å²) in [6.07, 6.45) is -2.22. The van der Waals surface area contributed by atoms with Crippen molar-refractivity contribution in [2.45, 2.75) is 59.2 Å². The van der Waals surface area contributed by atoms with Crippen LogP contribution in [0, 0.1) is 31.6 Å². The van der Waals surface area contributed by atoms with Gasteiger partial charge in [-0.05, 0) is 60.7 Å². The number of benzene rings is 2. The molecule has 0 radical (unpaired) electrons. The Morgan fingerprint density at radius 3 is 2.09 bits per heavy atom. The predicted octanol–water partition coefficient (Wildman–Crippen LogP) is 5.43. The van der Waals surface area contributed by atoms with Gasteiger partial charge in [0.1, 0.15) is 31.0 Å². The van der Waals surface area contributed by atoms with Gasteiger partial charge in [-0.2, -0.15) is 0 Å². The van der Waals surface area contributed by atoms with Crippen LogP contribution in [0.25, 0.3) is 10.4 Å². The van der Waals surface area contributed by atoms with E-state index in [1.165, 1.54) is 55.5 Å². The number of esters is 1. The summed E-state index contributed by atoms with van der Waals surface area (Å²) < 4.78 is 22.1. The highest BCUT2D eigenvalue weighted by atomic mass is 16.7. The van der Waals surface area contributed by atoms with Gasteiger partial charge in [0.2, 0.25) is 5.91 Å². The zero-order valence-electron chi connectivity index (χ0n) is 25.1. The van der Waals surface area contributed by atoms with Crippen LogP contribution in [0.15, 0.2) is 65.1 Å². The van der Waals surface area contributed by atoms with Gasteiger partial charge in [0.05, 0.1) is 9.85 Å². The maximum absolute atomic E-state index is 13.4. The summed E-state index contributed by atoms with van der Waals surface area (Å²) in [5, 5.41) is 25.3. The van der Waals surface area contributed by atoms with Gasteiger partial charge < -0.3 is 18.9 Å². The molecular weight excluding hydrogens is 608 g/mol. The first kappa shape index (κ1) is 33.2. The molecule has 46 heavy (non-hydrogen) atoms. The molecule has 0 N–H and O–H groups in total. The van der Waals surface area contributed by atoms with E-state index in [2.05, 4.69) is 10.0 Å². The third kappa shape index (κ3) is 7.32. The maximum atomic E-state index is 13.4. The number of rotatable bonds is 14. The Kier molecular flexibility index (Phi) is 10.1. The zero-order chi connectivity index (χ0) is 33.6. The second-order valence-corrected chi connectivity index (χ2v) is 11.1. The standard InChI is InChI=1S/C29H30N6O11/c1-17(45-28(38)44-16-19-7-11-21(12-8-19)35(41)42)22-25(36)33-23(24(46-26(22)33)29(2,3)13-4-14-31-32-30)27(37)43-15-18-5-9-20(10-6-18)34(39)40/h5-12,17,22,26H,4,13-16H2,1-3H3/t17-,22-,26+/m0/s1. The van der Waals surface area contributed by atoms with E-state index in [-0.39, 0.29) is 42.6 Å². The fourth-order valence-corrected chi connectivity index (χ4v) is 5.04. The van der Waals surface area contributed by atoms with Crippen molar-refractivity contribution >= 4 is 29.4 Å². The number of β-lactam (4-membered cyclic amide) rings is 1. The molecule has 242 valence electrons. The van der Waals surface area contributed by atoms with Crippen molar-refractivity contribution in [3.8, 4) is 0 Å². The number of amides is 1. The molecule has 4 rings (SSSR count). The largest absolute Gasteiger partial charge is 0.508 e. The SMILES string of the molecule is C[C@H](OC(=O)OCc1ccc([N+](=O)[O-])cc1)[C@H]1C(=O)N2C(C(=O)OCc3ccc([N+](=O)[O-])cc3)=C(C(C)(C)CCCN=[N+]=[N-])O[C@H]12. The van der Waals surface area contributed by atoms with Crippen molar-refractivity contribution in [1.29, 1.82) is 0 Å². The summed E-state index contributed by atoms with van der Waals surface area (Å²) in [5.41, 5.74) is 8.39. The number of allylic oxidation sites excluding steroid dienone is 1. The fourth-order valence-electron chi connectivity index (χ4n) is 5.04. The first-order valence-corrected chi connectivity index (χ1v) is 14.1. The number of ether oxygens (including phenoxy) is 4. The van der Waals surface area contributed by atoms with Crippen LogP contribution in [0.5, 0.6) is 0 Å². The molecule has 2 aliphatic heterocycles. The van der Waals surface area contributed by atoms with Gasteiger partial charge in [-0.3, -0.25) is 29.9 Å². The summed E-state index contributed by atoms with van der Waals surface area (Å²) in [7, 11) is 0. The van der Waals surface area contributed by atoms with Crippen molar-refractivity contribution in [3.05, 3.63) is 102 Å². The first-order chi connectivity index (χ1) is 21.8. The summed E-state index contributed by atoms with van der Waals surface area (Å²) >= 11 is 0. The molecule has 2 heterocycles. The normalized spacial score (nSPS) is 17.5. The third-order valence-electron chi connectivity index (χ3n) is 7.52. The highest BCUT2D eigenvalue weighted by Gasteiger charge is 2.62. The van der Waals surface area contributed by atoms with Gasteiger partial charge in [0, 0.05) is 41.1 Å². The van der Waals surface area contributed by atoms with Gasteiger partial charge >= 0.3 is 12.1 Å². The molecule has 1 amide bonds. The molecule has 2 aromatic rings. The maximum Gasteiger partial charge on any atom is 0.508 e. The Morgan fingerprint density at radius 1 is 1.02 bits per heavy atom. The second-order valence-electron chi connectivity index (χ2n) is 11.1. The molecule has 0 spiro atoms. The Morgan fingerprint density at radius 2 is 1.57 bits per heavy atom. The number of carbonyl (C=O) groups is 3. The molecule has 2 aliphatic rings. The zero-order valence-corrected chi connectivity index (χ0v) is 25.1. The fraction of sp³-hybridized carbons (Fsp3) is 0.414. The number of hydrogen-bond acceptors (Lipinski definition) is 12. The second kappa shape index (κ2) is 13.9. The molecule has 3 atom stereocenters. The lowest BCUT2D eigenvalue weighted by molar-refractivity contribution is -0.385. The Hall–Kier alpha value is -5.70. The lowest BCUT2D eigenvalue weighted by atomic mass is 9.84. The van der Waals surface area contributed by atoms with E-state index in [1.54, 1.807) is 13.8 Å². The van der Waals surface area contributed by atoms with Crippen LogP contribution in [0.3, 0.4) is 0 Å². The van der Waals surface area contributed by atoms with Crippen LogP contribution >= 0.6 is 0 Å². The van der Waals surface area contributed by atoms with Gasteiger partial charge in [-0.1, -0.05) is 19.0 Å². The number of nitrogens with zero attached hydrogens (tertiary/aromatic N) is 6. The molecule has 0 unspecified atom stereocenters. The number of hydrogen-bond donors (Lipinski definition) is 0. The summed E-state index contributed by atoms with van der Waals surface area (Å²) in [4.78, 5) is 63.8. The number of non-ortho nitro benzene ring substituents is 2.